The van der Waals surface area contributed by atoms with E-state index in [1.54, 1.807) is 29.7 Å². The first-order valence-electron chi connectivity index (χ1n) is 7.45. The van der Waals surface area contributed by atoms with E-state index in [1.165, 1.54) is 4.63 Å². The minimum Gasteiger partial charge on any atom is -0.337 e. The second-order valence-electron chi connectivity index (χ2n) is 5.87. The molecular weight excluding hydrogens is 294 g/mol. The molecule has 0 saturated carbocycles. The monoisotopic (exact) mass is 311 g/mol. The van der Waals surface area contributed by atoms with Crippen molar-refractivity contribution in [3.8, 4) is 0 Å². The quantitative estimate of drug-likeness (QED) is 0.720. The van der Waals surface area contributed by atoms with Crippen LogP contribution >= 0.6 is 0 Å². The van der Waals surface area contributed by atoms with Crippen LogP contribution in [0.4, 0.5) is 0 Å². The molecule has 8 heteroatoms. The van der Waals surface area contributed by atoms with Crippen molar-refractivity contribution in [3.63, 3.8) is 0 Å². The fraction of sp³-hybridized carbons (Fsp3) is 0.333. The van der Waals surface area contributed by atoms with Gasteiger partial charge in [-0.05, 0) is 12.1 Å². The van der Waals surface area contributed by atoms with Crippen molar-refractivity contribution in [2.24, 2.45) is 12.8 Å². The normalized spacial score (nSPS) is 21.2. The van der Waals surface area contributed by atoms with Crippen molar-refractivity contribution in [1.82, 2.24) is 29.3 Å². The number of likely N-dealkylation sites (tertiary alicyclic amines) is 1. The predicted octanol–water partition coefficient (Wildman–Crippen LogP) is 0.0297. The number of aromatic nitrogens is 5. The molecule has 0 aromatic carbocycles. The lowest BCUT2D eigenvalue weighted by Gasteiger charge is -2.16. The van der Waals surface area contributed by atoms with Crippen LogP contribution in [0.1, 0.15) is 22.0 Å². The fourth-order valence-electron chi connectivity index (χ4n) is 3.20. The Hall–Kier alpha value is -2.74. The first-order valence-corrected chi connectivity index (χ1v) is 7.45. The average Bonchev–Trinajstić information content (AvgIpc) is 3.24. The van der Waals surface area contributed by atoms with Gasteiger partial charge in [0.15, 0.2) is 0 Å². The van der Waals surface area contributed by atoms with Crippen molar-refractivity contribution in [2.45, 2.75) is 12.0 Å². The van der Waals surface area contributed by atoms with Crippen LogP contribution < -0.4 is 5.73 Å². The Morgan fingerprint density at radius 2 is 2.17 bits per heavy atom. The minimum absolute atomic E-state index is 0.0619. The Bertz CT molecular complexity index is 867. The van der Waals surface area contributed by atoms with E-state index in [0.717, 1.165) is 5.69 Å². The molecule has 1 aliphatic rings. The molecule has 1 fully saturated rings. The van der Waals surface area contributed by atoms with E-state index in [-0.39, 0.29) is 17.9 Å². The van der Waals surface area contributed by atoms with Crippen molar-refractivity contribution in [3.05, 3.63) is 48.3 Å². The minimum atomic E-state index is -0.102. The van der Waals surface area contributed by atoms with Gasteiger partial charge >= 0.3 is 0 Å². The summed E-state index contributed by atoms with van der Waals surface area (Å²) in [5, 5.41) is 8.22. The standard InChI is InChI=1S/C15H17N7O/c1-20-9-17-6-14(20)11-7-21(8-12(11)16)15(23)10-5-19-22-13(10)3-2-4-18-22/h2-6,9,11-12H,7-8,16H2,1H3/t11-,12-/m1/s1. The Morgan fingerprint density at radius 1 is 1.30 bits per heavy atom. The first-order chi connectivity index (χ1) is 11.1. The summed E-state index contributed by atoms with van der Waals surface area (Å²) < 4.78 is 3.42. The lowest BCUT2D eigenvalue weighted by molar-refractivity contribution is 0.0791. The Balaban J connectivity index is 1.62. The van der Waals surface area contributed by atoms with Crippen molar-refractivity contribution >= 4 is 11.4 Å². The van der Waals surface area contributed by atoms with E-state index >= 15 is 0 Å². The Labute approximate surface area is 132 Å². The third-order valence-corrected chi connectivity index (χ3v) is 4.42. The molecule has 3 aromatic rings. The number of nitrogens with two attached hydrogens (primary N) is 1. The highest BCUT2D eigenvalue weighted by Gasteiger charge is 2.36. The van der Waals surface area contributed by atoms with Crippen LogP contribution in [0.25, 0.3) is 5.52 Å². The van der Waals surface area contributed by atoms with Gasteiger partial charge in [-0.2, -0.15) is 14.8 Å². The second kappa shape index (κ2) is 5.17. The summed E-state index contributed by atoms with van der Waals surface area (Å²) >= 11 is 0. The second-order valence-corrected chi connectivity index (χ2v) is 5.87. The van der Waals surface area contributed by atoms with Gasteiger partial charge in [0.2, 0.25) is 0 Å². The van der Waals surface area contributed by atoms with Crippen LogP contribution in [0.15, 0.2) is 37.1 Å². The molecule has 8 nitrogen and oxygen atoms in total. The molecule has 1 amide bonds. The highest BCUT2D eigenvalue weighted by atomic mass is 16.2. The fourth-order valence-corrected chi connectivity index (χ4v) is 3.20. The molecular formula is C15H17N7O. The molecule has 3 aromatic heterocycles. The number of aryl methyl sites for hydroxylation is 1. The summed E-state index contributed by atoms with van der Waals surface area (Å²) in [5.41, 5.74) is 8.57. The van der Waals surface area contributed by atoms with Crippen molar-refractivity contribution in [1.29, 1.82) is 0 Å². The van der Waals surface area contributed by atoms with Gasteiger partial charge in [0.25, 0.3) is 5.91 Å². The highest BCUT2D eigenvalue weighted by Crippen LogP contribution is 2.27. The summed E-state index contributed by atoms with van der Waals surface area (Å²) in [6.07, 6.45) is 6.77. The molecule has 0 aliphatic carbocycles. The van der Waals surface area contributed by atoms with Crippen LogP contribution in [-0.2, 0) is 7.05 Å². The number of imidazole rings is 1. The van der Waals surface area contributed by atoms with Crippen LogP contribution in [0.5, 0.6) is 0 Å². The third kappa shape index (κ3) is 2.18. The Morgan fingerprint density at radius 3 is 2.96 bits per heavy atom. The van der Waals surface area contributed by atoms with E-state index in [1.807, 2.05) is 23.9 Å². The predicted molar refractivity (Wildman–Crippen MR) is 82.8 cm³/mol. The smallest absolute Gasteiger partial charge is 0.257 e. The van der Waals surface area contributed by atoms with Crippen molar-refractivity contribution in [2.75, 3.05) is 13.1 Å². The number of carbonyl (C=O) groups is 1. The van der Waals surface area contributed by atoms with E-state index < -0.39 is 0 Å². The molecule has 1 saturated heterocycles. The number of carbonyl (C=O) groups excluding carboxylic acids is 1. The largest absolute Gasteiger partial charge is 0.337 e. The highest BCUT2D eigenvalue weighted by molar-refractivity contribution is 6.00. The zero-order chi connectivity index (χ0) is 16.0. The van der Waals surface area contributed by atoms with Gasteiger partial charge in [-0.15, -0.1) is 0 Å². The number of fused-ring (bicyclic) bond motifs is 1. The van der Waals surface area contributed by atoms with Gasteiger partial charge in [-0.3, -0.25) is 4.79 Å². The van der Waals surface area contributed by atoms with Crippen LogP contribution in [0.3, 0.4) is 0 Å². The molecule has 2 atom stereocenters. The van der Waals surface area contributed by atoms with Crippen molar-refractivity contribution < 1.29 is 4.79 Å². The van der Waals surface area contributed by atoms with Gasteiger partial charge in [-0.1, -0.05) is 0 Å². The van der Waals surface area contributed by atoms with E-state index in [2.05, 4.69) is 15.2 Å². The molecule has 0 radical (unpaired) electrons. The van der Waals surface area contributed by atoms with E-state index in [0.29, 0.717) is 24.2 Å². The molecule has 4 rings (SSSR count). The summed E-state index contributed by atoms with van der Waals surface area (Å²) in [4.78, 5) is 18.8. The number of hydrogen-bond acceptors (Lipinski definition) is 5. The SMILES string of the molecule is Cn1cncc1[C@@H]1CN(C(=O)c2cnn3ncccc23)C[C@H]1N. The van der Waals surface area contributed by atoms with E-state index in [4.69, 9.17) is 5.73 Å². The third-order valence-electron chi connectivity index (χ3n) is 4.42. The van der Waals surface area contributed by atoms with Gasteiger partial charge in [0.05, 0.1) is 18.1 Å². The molecule has 118 valence electrons. The lowest BCUT2D eigenvalue weighted by Crippen LogP contribution is -2.32. The number of rotatable bonds is 2. The zero-order valence-electron chi connectivity index (χ0n) is 12.7. The summed E-state index contributed by atoms with van der Waals surface area (Å²) in [5.74, 6) is 0.0273. The number of hydrogen-bond donors (Lipinski definition) is 1. The first kappa shape index (κ1) is 13.9. The van der Waals surface area contributed by atoms with Gasteiger partial charge in [0, 0.05) is 50.2 Å². The lowest BCUT2D eigenvalue weighted by atomic mass is 10.0. The maximum Gasteiger partial charge on any atom is 0.257 e. The number of nitrogens with zero attached hydrogens (tertiary/aromatic N) is 6. The summed E-state index contributed by atoms with van der Waals surface area (Å²) in [6.45, 7) is 1.10. The molecule has 1 aliphatic heterocycles. The van der Waals surface area contributed by atoms with Crippen LogP contribution in [0.2, 0.25) is 0 Å². The molecule has 0 unspecified atom stereocenters. The zero-order valence-corrected chi connectivity index (χ0v) is 12.7. The van der Waals surface area contributed by atoms with Gasteiger partial charge in [0.1, 0.15) is 5.52 Å². The van der Waals surface area contributed by atoms with Gasteiger partial charge in [-0.25, -0.2) is 4.98 Å². The summed E-state index contributed by atoms with van der Waals surface area (Å²) in [6, 6.07) is 3.53. The average molecular weight is 311 g/mol. The molecule has 23 heavy (non-hydrogen) atoms. The van der Waals surface area contributed by atoms with Crippen LogP contribution in [-0.4, -0.2) is 54.3 Å². The van der Waals surface area contributed by atoms with Gasteiger partial charge < -0.3 is 15.2 Å². The maximum absolute atomic E-state index is 12.8. The summed E-state index contributed by atoms with van der Waals surface area (Å²) in [7, 11) is 1.94. The topological polar surface area (TPSA) is 94.3 Å². The molecule has 2 N–H and O–H groups in total. The Kier molecular flexibility index (Phi) is 3.12. The molecule has 0 spiro atoms. The maximum atomic E-state index is 12.8. The molecule has 0 bridgehead atoms. The molecule has 4 heterocycles. The number of amides is 1. The van der Waals surface area contributed by atoms with E-state index in [9.17, 15) is 4.79 Å². The van der Waals surface area contributed by atoms with Crippen LogP contribution in [0, 0.1) is 0 Å².